The van der Waals surface area contributed by atoms with E-state index in [4.69, 9.17) is 14.1 Å². The van der Waals surface area contributed by atoms with E-state index in [0.29, 0.717) is 42.1 Å². The SMILES string of the molecule is CCOC(=O)N1CCc2c(sc(NC(=O)c3coc4ccccc4c3=O)c2-c2nc3ccccc3s2)C1. The van der Waals surface area contributed by atoms with Gasteiger partial charge in [0.25, 0.3) is 5.91 Å². The van der Waals surface area contributed by atoms with Gasteiger partial charge in [0.1, 0.15) is 27.4 Å². The Labute approximate surface area is 219 Å². The minimum atomic E-state index is -0.553. The van der Waals surface area contributed by atoms with E-state index < -0.39 is 11.3 Å². The normalized spacial score (nSPS) is 13.1. The number of benzene rings is 2. The van der Waals surface area contributed by atoms with Gasteiger partial charge in [-0.2, -0.15) is 0 Å². The maximum absolute atomic E-state index is 13.3. The minimum absolute atomic E-state index is 0.0755. The zero-order valence-corrected chi connectivity index (χ0v) is 21.4. The van der Waals surface area contributed by atoms with Gasteiger partial charge in [-0.1, -0.05) is 24.3 Å². The van der Waals surface area contributed by atoms with E-state index >= 15 is 0 Å². The summed E-state index contributed by atoms with van der Waals surface area (Å²) in [6.45, 7) is 2.96. The molecule has 0 saturated carbocycles. The van der Waals surface area contributed by atoms with E-state index in [0.717, 1.165) is 31.2 Å². The van der Waals surface area contributed by atoms with Gasteiger partial charge < -0.3 is 19.4 Å². The average molecular weight is 532 g/mol. The molecule has 0 atom stereocenters. The number of thiazole rings is 1. The number of thiophene rings is 1. The molecule has 1 N–H and O–H groups in total. The molecule has 6 rings (SSSR count). The van der Waals surface area contributed by atoms with Crippen LogP contribution in [0.1, 0.15) is 27.7 Å². The van der Waals surface area contributed by atoms with Crippen molar-refractivity contribution in [1.82, 2.24) is 9.88 Å². The number of rotatable bonds is 4. The average Bonchev–Trinajstić information content (AvgIpc) is 3.49. The molecule has 2 amide bonds. The van der Waals surface area contributed by atoms with Crippen molar-refractivity contribution in [3.8, 4) is 10.6 Å². The highest BCUT2D eigenvalue weighted by atomic mass is 32.1. The van der Waals surface area contributed by atoms with Gasteiger partial charge in [-0.3, -0.25) is 9.59 Å². The topological polar surface area (TPSA) is 102 Å². The van der Waals surface area contributed by atoms with Crippen LogP contribution in [-0.4, -0.2) is 35.0 Å². The van der Waals surface area contributed by atoms with Crippen molar-refractivity contribution in [1.29, 1.82) is 0 Å². The standard InChI is InChI=1S/C27H21N3O5S2/c1-2-34-27(33)30-12-11-16-21(13-30)37-26(22(16)25-28-18-8-4-6-10-20(18)36-25)29-24(32)17-14-35-19-9-5-3-7-15(19)23(17)31/h3-10,14H,2,11-13H2,1H3,(H,29,32). The third-order valence-electron chi connectivity index (χ3n) is 6.24. The van der Waals surface area contributed by atoms with Crippen LogP contribution in [0.25, 0.3) is 31.8 Å². The van der Waals surface area contributed by atoms with Gasteiger partial charge in [0.15, 0.2) is 0 Å². The van der Waals surface area contributed by atoms with Crippen molar-refractivity contribution in [2.75, 3.05) is 18.5 Å². The second-order valence-corrected chi connectivity index (χ2v) is 10.6. The van der Waals surface area contributed by atoms with Crippen LogP contribution < -0.4 is 10.7 Å². The molecule has 0 bridgehead atoms. The van der Waals surface area contributed by atoms with Crippen LogP contribution in [0.4, 0.5) is 9.80 Å². The molecule has 0 radical (unpaired) electrons. The van der Waals surface area contributed by atoms with Crippen LogP contribution >= 0.6 is 22.7 Å². The van der Waals surface area contributed by atoms with Gasteiger partial charge in [0, 0.05) is 17.0 Å². The number of ether oxygens (including phenoxy) is 1. The number of para-hydroxylation sites is 2. The molecule has 5 aromatic rings. The van der Waals surface area contributed by atoms with Crippen LogP contribution in [0.5, 0.6) is 0 Å². The number of hydrogen-bond donors (Lipinski definition) is 1. The molecule has 1 aliphatic heterocycles. The number of hydrogen-bond acceptors (Lipinski definition) is 8. The summed E-state index contributed by atoms with van der Waals surface area (Å²) in [6.07, 6.45) is 1.44. The molecule has 10 heteroatoms. The molecular formula is C27H21N3O5S2. The molecule has 8 nitrogen and oxygen atoms in total. The van der Waals surface area contributed by atoms with Crippen molar-refractivity contribution < 1.29 is 18.7 Å². The largest absolute Gasteiger partial charge is 0.463 e. The van der Waals surface area contributed by atoms with Crippen LogP contribution in [0, 0.1) is 0 Å². The lowest BCUT2D eigenvalue weighted by Gasteiger charge is -2.26. The second kappa shape index (κ2) is 9.45. The molecule has 37 heavy (non-hydrogen) atoms. The van der Waals surface area contributed by atoms with Gasteiger partial charge in [-0.05, 0) is 43.2 Å². The molecule has 2 aromatic carbocycles. The first-order chi connectivity index (χ1) is 18.0. The first-order valence-electron chi connectivity index (χ1n) is 11.8. The molecule has 0 saturated heterocycles. The maximum atomic E-state index is 13.3. The molecule has 0 spiro atoms. The number of nitrogens with zero attached hydrogens (tertiary/aromatic N) is 2. The number of carbonyl (C=O) groups is 2. The van der Waals surface area contributed by atoms with E-state index in [1.54, 1.807) is 47.4 Å². The van der Waals surface area contributed by atoms with Gasteiger partial charge in [0.2, 0.25) is 5.43 Å². The Kier molecular flexibility index (Phi) is 5.97. The summed E-state index contributed by atoms with van der Waals surface area (Å²) >= 11 is 2.93. The van der Waals surface area contributed by atoms with Gasteiger partial charge in [-0.15, -0.1) is 22.7 Å². The summed E-state index contributed by atoms with van der Waals surface area (Å²) in [6, 6.07) is 14.7. The summed E-state index contributed by atoms with van der Waals surface area (Å²) in [5, 5.41) is 4.67. The second-order valence-electron chi connectivity index (χ2n) is 8.49. The van der Waals surface area contributed by atoms with E-state index in [1.807, 2.05) is 24.3 Å². The van der Waals surface area contributed by atoms with E-state index in [1.165, 1.54) is 17.6 Å². The third-order valence-corrected chi connectivity index (χ3v) is 8.43. The summed E-state index contributed by atoms with van der Waals surface area (Å²) in [5.41, 5.74) is 2.71. The van der Waals surface area contributed by atoms with Crippen LogP contribution in [0.15, 0.2) is 64.0 Å². The first-order valence-corrected chi connectivity index (χ1v) is 13.4. The molecule has 0 unspecified atom stereocenters. The molecule has 3 aromatic heterocycles. The number of amides is 2. The zero-order valence-electron chi connectivity index (χ0n) is 19.8. The highest BCUT2D eigenvalue weighted by Gasteiger charge is 2.30. The Bertz CT molecular complexity index is 1700. The van der Waals surface area contributed by atoms with Crippen LogP contribution in [-0.2, 0) is 17.7 Å². The molecule has 0 fully saturated rings. The van der Waals surface area contributed by atoms with Crippen molar-refractivity contribution in [2.45, 2.75) is 19.9 Å². The molecule has 4 heterocycles. The minimum Gasteiger partial charge on any atom is -0.463 e. The van der Waals surface area contributed by atoms with E-state index in [9.17, 15) is 14.4 Å². The first kappa shape index (κ1) is 23.4. The highest BCUT2D eigenvalue weighted by Crippen LogP contribution is 2.45. The van der Waals surface area contributed by atoms with Crippen molar-refractivity contribution in [3.63, 3.8) is 0 Å². The van der Waals surface area contributed by atoms with Crippen LogP contribution in [0.3, 0.4) is 0 Å². The predicted octanol–water partition coefficient (Wildman–Crippen LogP) is 5.90. The lowest BCUT2D eigenvalue weighted by molar-refractivity contribution is 0.102. The summed E-state index contributed by atoms with van der Waals surface area (Å²) < 4.78 is 11.8. The lowest BCUT2D eigenvalue weighted by Crippen LogP contribution is -2.35. The summed E-state index contributed by atoms with van der Waals surface area (Å²) in [4.78, 5) is 46.2. The van der Waals surface area contributed by atoms with Gasteiger partial charge in [0.05, 0.1) is 28.8 Å². The van der Waals surface area contributed by atoms with Crippen LogP contribution in [0.2, 0.25) is 0 Å². The number of carbonyl (C=O) groups excluding carboxylic acids is 2. The van der Waals surface area contributed by atoms with E-state index in [-0.39, 0.29) is 11.7 Å². The highest BCUT2D eigenvalue weighted by molar-refractivity contribution is 7.23. The Morgan fingerprint density at radius 3 is 2.78 bits per heavy atom. The van der Waals surface area contributed by atoms with Crippen molar-refractivity contribution >= 4 is 60.9 Å². The monoisotopic (exact) mass is 531 g/mol. The molecule has 186 valence electrons. The van der Waals surface area contributed by atoms with Gasteiger partial charge in [-0.25, -0.2) is 9.78 Å². The fourth-order valence-electron chi connectivity index (χ4n) is 4.47. The quantitative estimate of drug-likeness (QED) is 0.310. The number of anilines is 1. The third kappa shape index (κ3) is 4.17. The maximum Gasteiger partial charge on any atom is 0.410 e. The van der Waals surface area contributed by atoms with Crippen molar-refractivity contribution in [3.05, 3.63) is 81.0 Å². The fraction of sp³-hybridized carbons (Fsp3) is 0.185. The molecule has 1 aliphatic rings. The number of aromatic nitrogens is 1. The van der Waals surface area contributed by atoms with E-state index in [2.05, 4.69) is 5.32 Å². The zero-order chi connectivity index (χ0) is 25.5. The summed E-state index contributed by atoms with van der Waals surface area (Å²) in [5.74, 6) is -0.553. The Balaban J connectivity index is 1.42. The Hall–Kier alpha value is -4.02. The summed E-state index contributed by atoms with van der Waals surface area (Å²) in [7, 11) is 0. The number of nitrogens with one attached hydrogen (secondary N) is 1. The fourth-order valence-corrected chi connectivity index (χ4v) is 6.84. The Morgan fingerprint density at radius 1 is 1.14 bits per heavy atom. The Morgan fingerprint density at radius 2 is 1.95 bits per heavy atom. The number of fused-ring (bicyclic) bond motifs is 3. The van der Waals surface area contributed by atoms with Gasteiger partial charge >= 0.3 is 6.09 Å². The lowest BCUT2D eigenvalue weighted by atomic mass is 10.0. The smallest absolute Gasteiger partial charge is 0.410 e. The molecule has 0 aliphatic carbocycles. The predicted molar refractivity (Wildman–Crippen MR) is 145 cm³/mol. The molecular weight excluding hydrogens is 510 g/mol. The van der Waals surface area contributed by atoms with Crippen molar-refractivity contribution in [2.24, 2.45) is 0 Å².